The molecule has 0 fully saturated rings. The molecule has 0 aliphatic heterocycles. The fourth-order valence-electron chi connectivity index (χ4n) is 1.71. The Hall–Kier alpha value is -1.34. The summed E-state index contributed by atoms with van der Waals surface area (Å²) in [6, 6.07) is 0.940. The second kappa shape index (κ2) is 6.72. The molecule has 0 saturated heterocycles. The van der Waals surface area contributed by atoms with Crippen molar-refractivity contribution in [3.05, 3.63) is 21.9 Å². The van der Waals surface area contributed by atoms with Crippen molar-refractivity contribution in [1.82, 2.24) is 0 Å². The van der Waals surface area contributed by atoms with E-state index < -0.39 is 17.8 Å². The number of ether oxygens (including phenoxy) is 2. The van der Waals surface area contributed by atoms with Crippen LogP contribution in [0.5, 0.6) is 11.5 Å². The number of carboxylic acid groups (broad SMARTS) is 1. The van der Waals surface area contributed by atoms with Crippen molar-refractivity contribution in [1.29, 1.82) is 0 Å². The molecule has 0 heterocycles. The first kappa shape index (κ1) is 15.7. The summed E-state index contributed by atoms with van der Waals surface area (Å²) in [7, 11) is 2.66. The van der Waals surface area contributed by atoms with Crippen LogP contribution in [0.2, 0.25) is 0 Å². The molecular formula is C12H15BrFNO4. The highest BCUT2D eigenvalue weighted by molar-refractivity contribution is 9.10. The van der Waals surface area contributed by atoms with E-state index in [0.29, 0.717) is 10.0 Å². The summed E-state index contributed by atoms with van der Waals surface area (Å²) in [5, 5.41) is 8.64. The molecule has 1 unspecified atom stereocenters. The Morgan fingerprint density at radius 2 is 2.05 bits per heavy atom. The van der Waals surface area contributed by atoms with Crippen LogP contribution in [0.25, 0.3) is 0 Å². The van der Waals surface area contributed by atoms with Crippen LogP contribution in [0.4, 0.5) is 4.39 Å². The molecule has 1 aromatic rings. The molecule has 19 heavy (non-hydrogen) atoms. The average molecular weight is 336 g/mol. The maximum atomic E-state index is 14.1. The van der Waals surface area contributed by atoms with E-state index in [9.17, 15) is 9.18 Å². The third-order valence-corrected chi connectivity index (χ3v) is 3.23. The van der Waals surface area contributed by atoms with Gasteiger partial charge in [0.15, 0.2) is 11.5 Å². The minimum atomic E-state index is -0.956. The molecule has 0 spiro atoms. The molecule has 0 amide bonds. The lowest BCUT2D eigenvalue weighted by Crippen LogP contribution is -2.14. The van der Waals surface area contributed by atoms with Crippen LogP contribution in [0.15, 0.2) is 10.5 Å². The molecule has 0 saturated carbocycles. The van der Waals surface area contributed by atoms with Crippen molar-refractivity contribution in [3.8, 4) is 11.5 Å². The van der Waals surface area contributed by atoms with Gasteiger partial charge in [-0.25, -0.2) is 0 Å². The van der Waals surface area contributed by atoms with Crippen molar-refractivity contribution in [2.45, 2.75) is 18.9 Å². The zero-order valence-corrected chi connectivity index (χ0v) is 12.2. The van der Waals surface area contributed by atoms with Crippen molar-refractivity contribution in [3.63, 3.8) is 0 Å². The number of hydrogen-bond acceptors (Lipinski definition) is 4. The van der Waals surface area contributed by atoms with Gasteiger partial charge < -0.3 is 20.3 Å². The second-order valence-electron chi connectivity index (χ2n) is 3.87. The van der Waals surface area contributed by atoms with Gasteiger partial charge in [0.25, 0.3) is 0 Å². The summed E-state index contributed by atoms with van der Waals surface area (Å²) in [6.07, 6.45) is 0.0828. The molecule has 0 radical (unpaired) electrons. The number of halogens is 2. The molecule has 0 aliphatic rings. The quantitative estimate of drug-likeness (QED) is 0.834. The van der Waals surface area contributed by atoms with E-state index in [-0.39, 0.29) is 24.3 Å². The van der Waals surface area contributed by atoms with Crippen LogP contribution in [-0.4, -0.2) is 25.3 Å². The third-order valence-electron chi connectivity index (χ3n) is 2.64. The highest BCUT2D eigenvalue weighted by atomic mass is 79.9. The molecule has 7 heteroatoms. The van der Waals surface area contributed by atoms with Gasteiger partial charge in [-0.15, -0.1) is 0 Å². The van der Waals surface area contributed by atoms with Gasteiger partial charge in [-0.1, -0.05) is 0 Å². The molecule has 1 aromatic carbocycles. The average Bonchev–Trinajstić information content (AvgIpc) is 2.35. The van der Waals surface area contributed by atoms with E-state index in [4.69, 9.17) is 20.3 Å². The summed E-state index contributed by atoms with van der Waals surface area (Å²) in [5.41, 5.74) is 6.27. The van der Waals surface area contributed by atoms with Crippen molar-refractivity contribution < 1.29 is 23.8 Å². The summed E-state index contributed by atoms with van der Waals surface area (Å²) < 4.78 is 24.4. The molecule has 0 bridgehead atoms. The van der Waals surface area contributed by atoms with Crippen LogP contribution in [0.3, 0.4) is 0 Å². The number of rotatable bonds is 6. The highest BCUT2D eigenvalue weighted by Gasteiger charge is 2.22. The van der Waals surface area contributed by atoms with Crippen LogP contribution in [-0.2, 0) is 4.79 Å². The van der Waals surface area contributed by atoms with Gasteiger partial charge in [-0.05, 0) is 28.4 Å². The van der Waals surface area contributed by atoms with Gasteiger partial charge in [-0.2, -0.15) is 4.39 Å². The topological polar surface area (TPSA) is 81.8 Å². The number of nitrogens with two attached hydrogens (primary N) is 1. The highest BCUT2D eigenvalue weighted by Crippen LogP contribution is 2.39. The van der Waals surface area contributed by atoms with Gasteiger partial charge in [-0.3, -0.25) is 4.79 Å². The smallest absolute Gasteiger partial charge is 0.303 e. The van der Waals surface area contributed by atoms with E-state index >= 15 is 0 Å². The lowest BCUT2D eigenvalue weighted by Gasteiger charge is -2.18. The summed E-state index contributed by atoms with van der Waals surface area (Å²) in [5.74, 6) is -1.63. The number of benzene rings is 1. The zero-order valence-electron chi connectivity index (χ0n) is 10.6. The third kappa shape index (κ3) is 3.57. The lowest BCUT2D eigenvalue weighted by atomic mass is 10.0. The van der Waals surface area contributed by atoms with E-state index in [1.54, 1.807) is 6.07 Å². The summed E-state index contributed by atoms with van der Waals surface area (Å²) >= 11 is 3.18. The standard InChI is InChI=1S/C12H15BrFNO4/c1-18-11-6(8(15)3-4-9(16)17)5-7(13)12(19-2)10(11)14/h5,8H,3-4,15H2,1-2H3,(H,16,17). The monoisotopic (exact) mass is 335 g/mol. The summed E-state index contributed by atoms with van der Waals surface area (Å²) in [4.78, 5) is 10.5. The first-order chi connectivity index (χ1) is 8.92. The van der Waals surface area contributed by atoms with E-state index in [2.05, 4.69) is 15.9 Å². The molecule has 0 aromatic heterocycles. The fraction of sp³-hybridized carbons (Fsp3) is 0.417. The predicted molar refractivity (Wildman–Crippen MR) is 71.0 cm³/mol. The molecular weight excluding hydrogens is 321 g/mol. The van der Waals surface area contributed by atoms with Crippen LogP contribution >= 0.6 is 15.9 Å². The van der Waals surface area contributed by atoms with Crippen molar-refractivity contribution in [2.75, 3.05) is 14.2 Å². The first-order valence-corrected chi connectivity index (χ1v) is 6.28. The Morgan fingerprint density at radius 3 is 2.53 bits per heavy atom. The largest absolute Gasteiger partial charge is 0.493 e. The zero-order chi connectivity index (χ0) is 14.6. The Kier molecular flexibility index (Phi) is 5.56. The Balaban J connectivity index is 3.16. The van der Waals surface area contributed by atoms with Crippen LogP contribution in [0.1, 0.15) is 24.4 Å². The van der Waals surface area contributed by atoms with Gasteiger partial charge in [0, 0.05) is 18.0 Å². The van der Waals surface area contributed by atoms with Gasteiger partial charge in [0.1, 0.15) is 0 Å². The predicted octanol–water partition coefficient (Wildman–Crippen LogP) is 2.47. The second-order valence-corrected chi connectivity index (χ2v) is 4.72. The number of carboxylic acids is 1. The van der Waals surface area contributed by atoms with Crippen molar-refractivity contribution in [2.24, 2.45) is 5.73 Å². The molecule has 0 aliphatic carbocycles. The Morgan fingerprint density at radius 1 is 1.47 bits per heavy atom. The van der Waals surface area contributed by atoms with Crippen molar-refractivity contribution >= 4 is 21.9 Å². The fourth-order valence-corrected chi connectivity index (χ4v) is 2.29. The Labute approximate surface area is 118 Å². The van der Waals surface area contributed by atoms with Gasteiger partial charge in [0.2, 0.25) is 5.82 Å². The minimum Gasteiger partial charge on any atom is -0.493 e. The number of hydrogen-bond donors (Lipinski definition) is 2. The maximum absolute atomic E-state index is 14.1. The molecule has 1 atom stereocenters. The molecule has 1 rings (SSSR count). The summed E-state index contributed by atoms with van der Waals surface area (Å²) in [6.45, 7) is 0. The van der Waals surface area contributed by atoms with Crippen LogP contribution in [0, 0.1) is 5.82 Å². The normalized spacial score (nSPS) is 12.1. The van der Waals surface area contributed by atoms with E-state index in [0.717, 1.165) is 0 Å². The minimum absolute atomic E-state index is 0.0195. The molecule has 5 nitrogen and oxygen atoms in total. The lowest BCUT2D eigenvalue weighted by molar-refractivity contribution is -0.137. The maximum Gasteiger partial charge on any atom is 0.303 e. The van der Waals surface area contributed by atoms with Gasteiger partial charge >= 0.3 is 5.97 Å². The van der Waals surface area contributed by atoms with E-state index in [1.807, 2.05) is 0 Å². The SMILES string of the molecule is COc1c(Br)cc(C(N)CCC(=O)O)c(OC)c1F. The van der Waals surface area contributed by atoms with Crippen LogP contribution < -0.4 is 15.2 Å². The number of aliphatic carboxylic acids is 1. The van der Waals surface area contributed by atoms with E-state index in [1.165, 1.54) is 14.2 Å². The molecule has 106 valence electrons. The first-order valence-electron chi connectivity index (χ1n) is 5.49. The molecule has 3 N–H and O–H groups in total. The Bertz CT molecular complexity index is 481. The number of methoxy groups -OCH3 is 2. The number of carbonyl (C=O) groups is 1. The van der Waals surface area contributed by atoms with Gasteiger partial charge in [0.05, 0.1) is 18.7 Å².